The highest BCUT2D eigenvalue weighted by Crippen LogP contribution is 2.21. The van der Waals surface area contributed by atoms with Gasteiger partial charge in [0.25, 0.3) is 5.91 Å². The second-order valence-corrected chi connectivity index (χ2v) is 6.75. The lowest BCUT2D eigenvalue weighted by atomic mass is 10.2. The molecule has 5 nitrogen and oxygen atoms in total. The van der Waals surface area contributed by atoms with Crippen molar-refractivity contribution < 1.29 is 4.79 Å². The van der Waals surface area contributed by atoms with Gasteiger partial charge in [-0.05, 0) is 12.0 Å². The van der Waals surface area contributed by atoms with E-state index in [0.29, 0.717) is 24.6 Å². The number of rotatable bonds is 8. The fraction of sp³-hybridized carbons (Fsp3) is 0.261. The largest absolute Gasteiger partial charge is 0.355 e. The van der Waals surface area contributed by atoms with Gasteiger partial charge in [-0.3, -0.25) is 4.79 Å². The van der Waals surface area contributed by atoms with Crippen molar-refractivity contribution in [3.8, 4) is 11.4 Å². The van der Waals surface area contributed by atoms with Crippen molar-refractivity contribution in [1.82, 2.24) is 15.3 Å². The average molecular weight is 374 g/mol. The van der Waals surface area contributed by atoms with E-state index >= 15 is 0 Å². The molecule has 2 aromatic carbocycles. The van der Waals surface area contributed by atoms with Crippen molar-refractivity contribution in [3.63, 3.8) is 0 Å². The van der Waals surface area contributed by atoms with E-state index in [1.54, 1.807) is 6.07 Å². The number of anilines is 1. The molecule has 0 fully saturated rings. The first-order valence-corrected chi connectivity index (χ1v) is 9.65. The van der Waals surface area contributed by atoms with Crippen LogP contribution in [0.1, 0.15) is 35.8 Å². The lowest BCUT2D eigenvalue weighted by Gasteiger charge is -2.20. The van der Waals surface area contributed by atoms with E-state index in [1.165, 1.54) is 5.56 Å². The first kappa shape index (κ1) is 19.5. The van der Waals surface area contributed by atoms with Gasteiger partial charge in [0, 0.05) is 31.8 Å². The van der Waals surface area contributed by atoms with Crippen LogP contribution in [0.5, 0.6) is 0 Å². The third-order valence-electron chi connectivity index (χ3n) is 4.45. The van der Waals surface area contributed by atoms with Crippen LogP contribution in [0.25, 0.3) is 11.4 Å². The molecule has 0 saturated heterocycles. The monoisotopic (exact) mass is 374 g/mol. The molecule has 1 N–H and O–H groups in total. The van der Waals surface area contributed by atoms with Crippen LogP contribution in [-0.4, -0.2) is 29.5 Å². The third-order valence-corrected chi connectivity index (χ3v) is 4.45. The highest BCUT2D eigenvalue weighted by atomic mass is 16.1. The SMILES string of the molecule is CCCCNC(=O)c1cc(N(C)Cc2ccccc2)nc(-c2ccccc2)n1. The normalized spacial score (nSPS) is 10.5. The molecule has 1 aromatic heterocycles. The molecule has 0 saturated carbocycles. The Morgan fingerprint density at radius 2 is 1.68 bits per heavy atom. The second-order valence-electron chi connectivity index (χ2n) is 6.75. The topological polar surface area (TPSA) is 58.1 Å². The Hall–Kier alpha value is -3.21. The lowest BCUT2D eigenvalue weighted by molar-refractivity contribution is 0.0948. The Labute approximate surface area is 166 Å². The van der Waals surface area contributed by atoms with Crippen molar-refractivity contribution in [1.29, 1.82) is 0 Å². The number of carbonyl (C=O) groups excluding carboxylic acids is 1. The molecule has 0 spiro atoms. The summed E-state index contributed by atoms with van der Waals surface area (Å²) in [7, 11) is 1.98. The average Bonchev–Trinajstić information content (AvgIpc) is 2.75. The highest BCUT2D eigenvalue weighted by Gasteiger charge is 2.15. The zero-order valence-electron chi connectivity index (χ0n) is 16.4. The van der Waals surface area contributed by atoms with Gasteiger partial charge in [-0.1, -0.05) is 74.0 Å². The van der Waals surface area contributed by atoms with Crippen LogP contribution >= 0.6 is 0 Å². The molecule has 3 rings (SSSR count). The van der Waals surface area contributed by atoms with Gasteiger partial charge in [0.05, 0.1) is 0 Å². The summed E-state index contributed by atoms with van der Waals surface area (Å²) in [4.78, 5) is 23.9. The van der Waals surface area contributed by atoms with E-state index in [4.69, 9.17) is 4.98 Å². The number of hydrogen-bond donors (Lipinski definition) is 1. The Morgan fingerprint density at radius 1 is 1.00 bits per heavy atom. The number of nitrogens with one attached hydrogen (secondary N) is 1. The molecule has 0 aliphatic rings. The van der Waals surface area contributed by atoms with E-state index in [-0.39, 0.29) is 5.91 Å². The number of nitrogens with zero attached hydrogens (tertiary/aromatic N) is 3. The smallest absolute Gasteiger partial charge is 0.270 e. The van der Waals surface area contributed by atoms with Crippen molar-refractivity contribution in [3.05, 3.63) is 78.0 Å². The van der Waals surface area contributed by atoms with Crippen LogP contribution in [0, 0.1) is 0 Å². The minimum atomic E-state index is -0.164. The van der Waals surface area contributed by atoms with Gasteiger partial charge in [-0.2, -0.15) is 0 Å². The van der Waals surface area contributed by atoms with Crippen molar-refractivity contribution >= 4 is 11.7 Å². The first-order valence-electron chi connectivity index (χ1n) is 9.65. The summed E-state index contributed by atoms with van der Waals surface area (Å²) in [6, 6.07) is 21.7. The summed E-state index contributed by atoms with van der Waals surface area (Å²) in [5.41, 5.74) is 2.46. The van der Waals surface area contributed by atoms with Gasteiger partial charge in [0.2, 0.25) is 0 Å². The van der Waals surface area contributed by atoms with Crippen molar-refractivity contribution in [2.24, 2.45) is 0 Å². The second kappa shape index (κ2) is 9.65. The minimum absolute atomic E-state index is 0.164. The van der Waals surface area contributed by atoms with Gasteiger partial charge in [-0.15, -0.1) is 0 Å². The molecular formula is C23H26N4O. The molecule has 0 aliphatic carbocycles. The molecule has 0 unspecified atom stereocenters. The Kier molecular flexibility index (Phi) is 6.73. The molecule has 5 heteroatoms. The molecule has 0 atom stereocenters. The maximum Gasteiger partial charge on any atom is 0.270 e. The number of carbonyl (C=O) groups is 1. The number of hydrogen-bond acceptors (Lipinski definition) is 4. The molecular weight excluding hydrogens is 348 g/mol. The predicted octanol–water partition coefficient (Wildman–Crippen LogP) is 4.31. The van der Waals surface area contributed by atoms with Crippen molar-refractivity contribution in [2.45, 2.75) is 26.3 Å². The Morgan fingerprint density at radius 3 is 2.36 bits per heavy atom. The van der Waals surface area contributed by atoms with E-state index in [9.17, 15) is 4.79 Å². The number of aromatic nitrogens is 2. The van der Waals surface area contributed by atoms with Gasteiger partial charge in [0.1, 0.15) is 11.5 Å². The fourth-order valence-electron chi connectivity index (χ4n) is 2.87. The lowest BCUT2D eigenvalue weighted by Crippen LogP contribution is -2.26. The molecule has 144 valence electrons. The summed E-state index contributed by atoms with van der Waals surface area (Å²) in [5.74, 6) is 1.11. The highest BCUT2D eigenvalue weighted by molar-refractivity contribution is 5.93. The molecule has 0 bridgehead atoms. The van der Waals surface area contributed by atoms with Gasteiger partial charge in [-0.25, -0.2) is 9.97 Å². The molecule has 1 amide bonds. The van der Waals surface area contributed by atoms with E-state index in [1.807, 2.05) is 60.5 Å². The standard InChI is InChI=1S/C23H26N4O/c1-3-4-15-24-23(28)20-16-21(27(2)17-18-11-7-5-8-12-18)26-22(25-20)19-13-9-6-10-14-19/h5-14,16H,3-4,15,17H2,1-2H3,(H,24,28). The number of benzene rings is 2. The molecule has 3 aromatic rings. The summed E-state index contributed by atoms with van der Waals surface area (Å²) in [6.45, 7) is 3.44. The summed E-state index contributed by atoms with van der Waals surface area (Å²) in [5, 5.41) is 2.95. The third kappa shape index (κ3) is 5.16. The molecule has 0 radical (unpaired) electrons. The Balaban J connectivity index is 1.91. The number of amides is 1. The van der Waals surface area contributed by atoms with Crippen molar-refractivity contribution in [2.75, 3.05) is 18.5 Å². The summed E-state index contributed by atoms with van der Waals surface area (Å²) >= 11 is 0. The van der Waals surface area contributed by atoms with Crippen LogP contribution in [0.3, 0.4) is 0 Å². The van der Waals surface area contributed by atoms with Crippen LogP contribution in [0.4, 0.5) is 5.82 Å². The Bertz CT molecular complexity index is 897. The van der Waals surface area contributed by atoms with Crippen LogP contribution in [0.2, 0.25) is 0 Å². The van der Waals surface area contributed by atoms with E-state index in [2.05, 4.69) is 29.4 Å². The molecule has 28 heavy (non-hydrogen) atoms. The van der Waals surface area contributed by atoms with E-state index in [0.717, 1.165) is 24.2 Å². The summed E-state index contributed by atoms with van der Waals surface area (Å²) < 4.78 is 0. The van der Waals surface area contributed by atoms with E-state index < -0.39 is 0 Å². The zero-order valence-corrected chi connectivity index (χ0v) is 16.4. The summed E-state index contributed by atoms with van der Waals surface area (Å²) in [6.07, 6.45) is 1.98. The first-order chi connectivity index (χ1) is 13.7. The van der Waals surface area contributed by atoms with Crippen LogP contribution in [0.15, 0.2) is 66.7 Å². The van der Waals surface area contributed by atoms with Gasteiger partial charge < -0.3 is 10.2 Å². The number of unbranched alkanes of at least 4 members (excludes halogenated alkanes) is 1. The zero-order chi connectivity index (χ0) is 19.8. The quantitative estimate of drug-likeness (QED) is 0.597. The molecule has 0 aliphatic heterocycles. The molecule has 1 heterocycles. The van der Waals surface area contributed by atoms with Gasteiger partial charge >= 0.3 is 0 Å². The minimum Gasteiger partial charge on any atom is -0.355 e. The van der Waals surface area contributed by atoms with Crippen LogP contribution < -0.4 is 10.2 Å². The maximum atomic E-state index is 12.6. The predicted molar refractivity (Wildman–Crippen MR) is 113 cm³/mol. The van der Waals surface area contributed by atoms with Gasteiger partial charge in [0.15, 0.2) is 5.82 Å². The van der Waals surface area contributed by atoms with Crippen LogP contribution in [-0.2, 0) is 6.54 Å². The fourth-order valence-corrected chi connectivity index (χ4v) is 2.87. The maximum absolute atomic E-state index is 12.6.